The van der Waals surface area contributed by atoms with Gasteiger partial charge in [0, 0.05) is 24.3 Å². The summed E-state index contributed by atoms with van der Waals surface area (Å²) in [7, 11) is 3.72. The number of alkyl carbamates (subject to hydrolysis) is 1. The number of halogens is 1. The number of hydrogen-bond acceptors (Lipinski definition) is 12. The van der Waals surface area contributed by atoms with Crippen LogP contribution < -0.4 is 10.2 Å². The van der Waals surface area contributed by atoms with Crippen LogP contribution in [-0.2, 0) is 47.1 Å². The number of ether oxygens (including phenoxy) is 2. The van der Waals surface area contributed by atoms with Gasteiger partial charge in [-0.3, -0.25) is 34.7 Å². The van der Waals surface area contributed by atoms with Crippen LogP contribution >= 0.6 is 22.0 Å². The van der Waals surface area contributed by atoms with Crippen LogP contribution in [0.5, 0.6) is 0 Å². The first-order valence-electron chi connectivity index (χ1n) is 13.7. The predicted octanol–water partition coefficient (Wildman–Crippen LogP) is 3.95. The molecule has 0 saturated carbocycles. The van der Waals surface area contributed by atoms with Crippen LogP contribution in [-0.4, -0.2) is 66.8 Å². The van der Waals surface area contributed by atoms with Crippen molar-refractivity contribution in [3.05, 3.63) is 110 Å². The largest absolute Gasteiger partial charge is 0.459 e. The van der Waals surface area contributed by atoms with E-state index in [-0.39, 0.29) is 35.2 Å². The summed E-state index contributed by atoms with van der Waals surface area (Å²) in [5.74, 6) is -2.52. The van der Waals surface area contributed by atoms with E-state index in [0.29, 0.717) is 11.1 Å². The third-order valence-corrected chi connectivity index (χ3v) is 9.21. The van der Waals surface area contributed by atoms with Gasteiger partial charge in [0.25, 0.3) is 17.3 Å². The molecule has 48 heavy (non-hydrogen) atoms. The highest BCUT2D eigenvalue weighted by Gasteiger charge is 2.59. The lowest BCUT2D eigenvalue weighted by Gasteiger charge is -2.51. The first kappa shape index (κ1) is 35.7. The van der Waals surface area contributed by atoms with Crippen LogP contribution in [0, 0.1) is 20.2 Å². The summed E-state index contributed by atoms with van der Waals surface area (Å²) < 4.78 is 23.3. The van der Waals surface area contributed by atoms with Crippen LogP contribution in [0.3, 0.4) is 0 Å². The molecular weight excluding hydrogens is 694 g/mol. The van der Waals surface area contributed by atoms with E-state index in [1.54, 1.807) is 11.4 Å². The summed E-state index contributed by atoms with van der Waals surface area (Å²) in [4.78, 5) is 75.2. The topological polar surface area (TPSA) is 209 Å². The van der Waals surface area contributed by atoms with Gasteiger partial charge in [-0.15, -0.1) is 11.3 Å². The maximum absolute atomic E-state index is 13.7. The molecule has 19 heteroatoms. The Kier molecular flexibility index (Phi) is 11.6. The summed E-state index contributed by atoms with van der Waals surface area (Å²) >= 11 is 1.08. The van der Waals surface area contributed by atoms with Crippen molar-refractivity contribution in [1.29, 1.82) is 0 Å². The number of nitrogens with one attached hydrogen (secondary N) is 1. The molecule has 1 saturated heterocycles. The quantitative estimate of drug-likeness (QED) is 0.0630. The second-order valence-electron chi connectivity index (χ2n) is 10.2. The minimum absolute atomic E-state index is 0.142. The minimum Gasteiger partial charge on any atom is -0.459 e. The second kappa shape index (κ2) is 15.6. The van der Waals surface area contributed by atoms with Crippen molar-refractivity contribution in [3.63, 3.8) is 0 Å². The number of likely N-dealkylation sites (tertiary alicyclic amines) is 1. The number of nitro groups is 2. The summed E-state index contributed by atoms with van der Waals surface area (Å²) in [6.07, 6.45) is -0.995. The molecule has 1 N–H and O–H groups in total. The fourth-order valence-electron chi connectivity index (χ4n) is 4.64. The van der Waals surface area contributed by atoms with Crippen LogP contribution in [0.2, 0.25) is 0 Å². The molecule has 2 aromatic carbocycles. The fraction of sp³-hybridized carbons (Fsp3) is 0.241. The van der Waals surface area contributed by atoms with Crippen molar-refractivity contribution in [2.75, 3.05) is 11.4 Å². The zero-order chi connectivity index (χ0) is 35.1. The van der Waals surface area contributed by atoms with Crippen molar-refractivity contribution in [2.45, 2.75) is 37.6 Å². The van der Waals surface area contributed by atoms with Gasteiger partial charge in [0.05, 0.1) is 14.8 Å². The molecule has 1 aliphatic heterocycles. The Balaban J connectivity index is 1.45. The third kappa shape index (κ3) is 8.20. The summed E-state index contributed by atoms with van der Waals surface area (Å²) in [6, 6.07) is 10.8. The molecule has 3 aromatic rings. The van der Waals surface area contributed by atoms with Crippen LogP contribution in [0.25, 0.3) is 0 Å². The summed E-state index contributed by atoms with van der Waals surface area (Å²) in [5, 5.41) is 24.5. The van der Waals surface area contributed by atoms with E-state index in [9.17, 15) is 43.6 Å². The fourth-order valence-corrected chi connectivity index (χ4v) is 6.82. The third-order valence-electron chi connectivity index (χ3n) is 6.93. The van der Waals surface area contributed by atoms with E-state index in [1.165, 1.54) is 61.5 Å². The van der Waals surface area contributed by atoms with Crippen LogP contribution in [0.15, 0.2) is 78.2 Å². The van der Waals surface area contributed by atoms with Gasteiger partial charge in [-0.25, -0.2) is 13.8 Å². The van der Waals surface area contributed by atoms with Crippen molar-refractivity contribution in [3.8, 4) is 0 Å². The molecule has 4 unspecified atom stereocenters. The van der Waals surface area contributed by atoms with Gasteiger partial charge < -0.3 is 19.7 Å². The molecule has 0 spiro atoms. The van der Waals surface area contributed by atoms with Gasteiger partial charge >= 0.3 is 12.1 Å². The van der Waals surface area contributed by atoms with Crippen molar-refractivity contribution < 1.29 is 42.7 Å². The van der Waals surface area contributed by atoms with E-state index >= 15 is 0 Å². The molecule has 0 bridgehead atoms. The minimum atomic E-state index is -2.32. The van der Waals surface area contributed by atoms with Gasteiger partial charge in [-0.05, 0) is 76.1 Å². The average molecular weight is 720 g/mol. The number of hydrogen-bond donors (Lipinski definition) is 1. The Bertz CT molecular complexity index is 1750. The number of nitrogens with zero attached hydrogens (tertiary/aromatic N) is 4. The number of non-ortho nitro benzene ring substituents is 2. The van der Waals surface area contributed by atoms with E-state index in [2.05, 4.69) is 11.9 Å². The molecule has 1 aromatic heterocycles. The standard InChI is InChI=1S/C29H26ClN5O11S2/c1-17(2)24(28(38)45-15-18-5-9-20(10-6-18)34(40)41)33-26(37)25(27(33)48(30)44)32(23-4-3-13-47-23)22(36)14-31-29(39)46-16-19-7-11-21(12-8-19)35(42)43/h3-13,24-25,27H,1,14-16H2,2H3,(H,31,39). The Hall–Kier alpha value is -5.20. The maximum atomic E-state index is 13.7. The normalized spacial score (nSPS) is 16.5. The number of nitro benzene ring substituents is 2. The van der Waals surface area contributed by atoms with Gasteiger partial charge in [-0.2, -0.15) is 0 Å². The first-order chi connectivity index (χ1) is 22.8. The number of carbonyl (C=O) groups excluding carboxylic acids is 4. The Morgan fingerprint density at radius 3 is 2.02 bits per heavy atom. The predicted molar refractivity (Wildman–Crippen MR) is 173 cm³/mol. The highest BCUT2D eigenvalue weighted by molar-refractivity contribution is 8.08. The van der Waals surface area contributed by atoms with E-state index in [0.717, 1.165) is 21.1 Å². The number of thiophene rings is 1. The molecular formula is C29H26ClN5O11S2. The Morgan fingerprint density at radius 1 is 1.02 bits per heavy atom. The molecule has 3 amide bonds. The zero-order valence-corrected chi connectivity index (χ0v) is 27.3. The number of esters is 1. The van der Waals surface area contributed by atoms with Crippen molar-refractivity contribution in [1.82, 2.24) is 10.2 Å². The average Bonchev–Trinajstić information content (AvgIpc) is 3.59. The molecule has 0 radical (unpaired) electrons. The second-order valence-corrected chi connectivity index (χ2v) is 13.0. The molecule has 2 heterocycles. The molecule has 252 valence electrons. The highest BCUT2D eigenvalue weighted by atomic mass is 35.7. The lowest BCUT2D eigenvalue weighted by Crippen LogP contribution is -2.76. The van der Waals surface area contributed by atoms with Crippen molar-refractivity contribution in [2.24, 2.45) is 0 Å². The number of β-lactam (4-membered cyclic amide) rings is 1. The molecule has 4 rings (SSSR count). The number of carbonyl (C=O) groups is 4. The van der Waals surface area contributed by atoms with Crippen LogP contribution in [0.1, 0.15) is 18.1 Å². The van der Waals surface area contributed by atoms with Gasteiger partial charge in [0.2, 0.25) is 5.91 Å². The van der Waals surface area contributed by atoms with Gasteiger partial charge in [0.1, 0.15) is 35.8 Å². The molecule has 16 nitrogen and oxygen atoms in total. The number of rotatable bonds is 14. The lowest BCUT2D eigenvalue weighted by atomic mass is 9.98. The number of benzene rings is 2. The van der Waals surface area contributed by atoms with Crippen molar-refractivity contribution >= 4 is 72.3 Å². The van der Waals surface area contributed by atoms with E-state index in [1.807, 2.05) is 0 Å². The lowest BCUT2D eigenvalue weighted by molar-refractivity contribution is -0.385. The number of amides is 3. The van der Waals surface area contributed by atoms with E-state index in [4.69, 9.17) is 20.2 Å². The summed E-state index contributed by atoms with van der Waals surface area (Å²) in [5.41, 5.74) is 0.723. The Labute approximate surface area is 283 Å². The van der Waals surface area contributed by atoms with E-state index < -0.39 is 67.7 Å². The number of anilines is 1. The zero-order valence-electron chi connectivity index (χ0n) is 24.9. The van der Waals surface area contributed by atoms with Crippen LogP contribution in [0.4, 0.5) is 21.2 Å². The maximum Gasteiger partial charge on any atom is 0.407 e. The Morgan fingerprint density at radius 2 is 1.56 bits per heavy atom. The SMILES string of the molecule is C=C(C)C(C(=O)OCc1ccc([N+](=O)[O-])cc1)N1C(=O)C(N(C(=O)CNC(=O)OCc2ccc([N+](=O)[O-])cc2)c2cccs2)C1S(=O)Cl. The molecule has 4 atom stereocenters. The molecule has 0 aliphatic carbocycles. The first-order valence-corrected chi connectivity index (χ1v) is 16.7. The highest BCUT2D eigenvalue weighted by Crippen LogP contribution is 2.37. The van der Waals surface area contributed by atoms with Gasteiger partial charge in [-0.1, -0.05) is 6.58 Å². The molecule has 1 aliphatic rings. The monoisotopic (exact) mass is 719 g/mol. The summed E-state index contributed by atoms with van der Waals surface area (Å²) in [6.45, 7) is 4.01. The van der Waals surface area contributed by atoms with Gasteiger partial charge in [0.15, 0.2) is 11.4 Å². The molecule has 1 fully saturated rings. The smallest absolute Gasteiger partial charge is 0.407 e.